The Labute approximate surface area is 104 Å². The van der Waals surface area contributed by atoms with Crippen LogP contribution in [-0.2, 0) is 6.42 Å². The lowest BCUT2D eigenvalue weighted by molar-refractivity contribution is 0.310. The molecule has 2 rings (SSSR count). The molecule has 2 heteroatoms. The standard InChI is InChI=1S/C14H19N.ClH/c1-4-7-13-12-9-6-5-8-11(12)10-14(2,3)15-13;/h4-6,8-9,13,15H,1,7,10H2,2-3H3;1H. The summed E-state index contributed by atoms with van der Waals surface area (Å²) in [6, 6.07) is 9.15. The molecule has 1 unspecified atom stereocenters. The zero-order valence-corrected chi connectivity index (χ0v) is 10.8. The second-order valence-electron chi connectivity index (χ2n) is 4.98. The van der Waals surface area contributed by atoms with Crippen LogP contribution >= 0.6 is 12.4 Å². The summed E-state index contributed by atoms with van der Waals surface area (Å²) in [5, 5.41) is 3.68. The maximum Gasteiger partial charge on any atom is 0.0362 e. The largest absolute Gasteiger partial charge is 0.304 e. The first-order chi connectivity index (χ1) is 7.12. The van der Waals surface area contributed by atoms with Crippen LogP contribution in [0.25, 0.3) is 0 Å². The number of hydrogen-bond donors (Lipinski definition) is 1. The summed E-state index contributed by atoms with van der Waals surface area (Å²) in [5.74, 6) is 0. The van der Waals surface area contributed by atoms with E-state index in [0.29, 0.717) is 6.04 Å². The molecule has 1 aliphatic heterocycles. The first-order valence-electron chi connectivity index (χ1n) is 5.59. The van der Waals surface area contributed by atoms with Crippen LogP contribution in [0.3, 0.4) is 0 Å². The molecule has 0 saturated carbocycles. The van der Waals surface area contributed by atoms with E-state index in [-0.39, 0.29) is 17.9 Å². The Morgan fingerprint density at radius 2 is 2.12 bits per heavy atom. The number of halogens is 1. The molecule has 0 amide bonds. The molecule has 1 aromatic rings. The van der Waals surface area contributed by atoms with E-state index in [1.54, 1.807) is 0 Å². The van der Waals surface area contributed by atoms with E-state index in [4.69, 9.17) is 0 Å². The molecule has 0 spiro atoms. The second-order valence-corrected chi connectivity index (χ2v) is 4.98. The highest BCUT2D eigenvalue weighted by atomic mass is 35.5. The van der Waals surface area contributed by atoms with Crippen molar-refractivity contribution in [2.75, 3.05) is 0 Å². The van der Waals surface area contributed by atoms with Gasteiger partial charge in [-0.05, 0) is 37.8 Å². The lowest BCUT2D eigenvalue weighted by Gasteiger charge is -2.38. The molecule has 1 aliphatic rings. The van der Waals surface area contributed by atoms with Gasteiger partial charge in [0.1, 0.15) is 0 Å². The summed E-state index contributed by atoms with van der Waals surface area (Å²) in [5.41, 5.74) is 3.12. The van der Waals surface area contributed by atoms with Gasteiger partial charge in [-0.2, -0.15) is 0 Å². The van der Waals surface area contributed by atoms with Gasteiger partial charge < -0.3 is 5.32 Å². The highest BCUT2D eigenvalue weighted by Crippen LogP contribution is 2.31. The highest BCUT2D eigenvalue weighted by Gasteiger charge is 2.29. The summed E-state index contributed by atoms with van der Waals surface area (Å²) in [4.78, 5) is 0. The first kappa shape index (κ1) is 13.3. The quantitative estimate of drug-likeness (QED) is 0.775. The molecule has 1 N–H and O–H groups in total. The molecule has 0 aliphatic carbocycles. The van der Waals surface area contributed by atoms with Crippen LogP contribution in [0.1, 0.15) is 37.4 Å². The molecule has 1 atom stereocenters. The minimum atomic E-state index is 0. The van der Waals surface area contributed by atoms with Gasteiger partial charge in [-0.25, -0.2) is 0 Å². The third kappa shape index (κ3) is 2.66. The van der Waals surface area contributed by atoms with E-state index >= 15 is 0 Å². The number of benzene rings is 1. The van der Waals surface area contributed by atoms with Gasteiger partial charge >= 0.3 is 0 Å². The minimum absolute atomic E-state index is 0. The van der Waals surface area contributed by atoms with Gasteiger partial charge in [-0.1, -0.05) is 30.3 Å². The van der Waals surface area contributed by atoms with Crippen LogP contribution in [0.4, 0.5) is 0 Å². The molecule has 1 aromatic carbocycles. The SMILES string of the molecule is C=CCC1NC(C)(C)Cc2ccccc21.Cl. The zero-order chi connectivity index (χ0) is 10.9. The van der Waals surface area contributed by atoms with Gasteiger partial charge in [0.05, 0.1) is 0 Å². The lowest BCUT2D eigenvalue weighted by atomic mass is 9.83. The van der Waals surface area contributed by atoms with Gasteiger partial charge in [0.2, 0.25) is 0 Å². The Morgan fingerprint density at radius 3 is 2.81 bits per heavy atom. The van der Waals surface area contributed by atoms with E-state index in [0.717, 1.165) is 12.8 Å². The van der Waals surface area contributed by atoms with Gasteiger partial charge in [-0.15, -0.1) is 19.0 Å². The summed E-state index contributed by atoms with van der Waals surface area (Å²) in [7, 11) is 0. The van der Waals surface area contributed by atoms with Crippen LogP contribution in [0.2, 0.25) is 0 Å². The third-order valence-electron chi connectivity index (χ3n) is 3.03. The van der Waals surface area contributed by atoms with E-state index in [2.05, 4.69) is 50.0 Å². The lowest BCUT2D eigenvalue weighted by Crippen LogP contribution is -2.47. The van der Waals surface area contributed by atoms with Crippen molar-refractivity contribution < 1.29 is 0 Å². The second kappa shape index (κ2) is 5.03. The third-order valence-corrected chi connectivity index (χ3v) is 3.03. The van der Waals surface area contributed by atoms with Crippen molar-refractivity contribution in [3.05, 3.63) is 48.0 Å². The summed E-state index contributed by atoms with van der Waals surface area (Å²) in [6.07, 6.45) is 4.10. The molecule has 16 heavy (non-hydrogen) atoms. The van der Waals surface area contributed by atoms with Crippen LogP contribution in [-0.4, -0.2) is 5.54 Å². The average Bonchev–Trinajstić information content (AvgIpc) is 2.16. The van der Waals surface area contributed by atoms with Crippen LogP contribution in [0, 0.1) is 0 Å². The topological polar surface area (TPSA) is 12.0 Å². The minimum Gasteiger partial charge on any atom is -0.304 e. The van der Waals surface area contributed by atoms with Crippen molar-refractivity contribution in [1.29, 1.82) is 0 Å². The molecule has 0 fully saturated rings. The highest BCUT2D eigenvalue weighted by molar-refractivity contribution is 5.85. The number of fused-ring (bicyclic) bond motifs is 1. The Kier molecular flexibility index (Phi) is 4.17. The summed E-state index contributed by atoms with van der Waals surface area (Å²) < 4.78 is 0. The van der Waals surface area contributed by atoms with Gasteiger partial charge in [0.15, 0.2) is 0 Å². The molecule has 88 valence electrons. The van der Waals surface area contributed by atoms with Crippen molar-refractivity contribution in [2.24, 2.45) is 0 Å². The van der Waals surface area contributed by atoms with Gasteiger partial charge in [-0.3, -0.25) is 0 Å². The Morgan fingerprint density at radius 1 is 1.44 bits per heavy atom. The van der Waals surface area contributed by atoms with Crippen molar-refractivity contribution >= 4 is 12.4 Å². The van der Waals surface area contributed by atoms with Crippen LogP contribution < -0.4 is 5.32 Å². The fourth-order valence-electron chi connectivity index (χ4n) is 2.46. The van der Waals surface area contributed by atoms with Gasteiger partial charge in [0, 0.05) is 11.6 Å². The fraction of sp³-hybridized carbons (Fsp3) is 0.429. The predicted octanol–water partition coefficient (Wildman–Crippen LogP) is 3.65. The summed E-state index contributed by atoms with van der Waals surface area (Å²) >= 11 is 0. The van der Waals surface area contributed by atoms with E-state index in [1.165, 1.54) is 11.1 Å². The normalized spacial score (nSPS) is 21.8. The molecule has 0 aromatic heterocycles. The van der Waals surface area contributed by atoms with Crippen LogP contribution in [0.5, 0.6) is 0 Å². The van der Waals surface area contributed by atoms with Crippen molar-refractivity contribution in [3.8, 4) is 0 Å². The zero-order valence-electron chi connectivity index (χ0n) is 9.99. The molecule has 1 nitrogen and oxygen atoms in total. The number of nitrogens with one attached hydrogen (secondary N) is 1. The molecular formula is C14H20ClN. The number of rotatable bonds is 2. The maximum atomic E-state index is 3.84. The van der Waals surface area contributed by atoms with Crippen molar-refractivity contribution in [1.82, 2.24) is 5.32 Å². The molecular weight excluding hydrogens is 218 g/mol. The maximum absolute atomic E-state index is 3.84. The smallest absolute Gasteiger partial charge is 0.0362 e. The molecule has 0 radical (unpaired) electrons. The van der Waals surface area contributed by atoms with E-state index in [9.17, 15) is 0 Å². The molecule has 1 heterocycles. The Bertz CT molecular complexity index is 371. The summed E-state index contributed by atoms with van der Waals surface area (Å²) in [6.45, 7) is 8.36. The van der Waals surface area contributed by atoms with E-state index < -0.39 is 0 Å². The molecule has 0 bridgehead atoms. The van der Waals surface area contributed by atoms with Gasteiger partial charge in [0.25, 0.3) is 0 Å². The monoisotopic (exact) mass is 237 g/mol. The Hall–Kier alpha value is -0.790. The number of hydrogen-bond acceptors (Lipinski definition) is 1. The van der Waals surface area contributed by atoms with Crippen LogP contribution in [0.15, 0.2) is 36.9 Å². The van der Waals surface area contributed by atoms with E-state index in [1.807, 2.05) is 6.08 Å². The molecule has 0 saturated heterocycles. The Balaban J connectivity index is 0.00000128. The first-order valence-corrected chi connectivity index (χ1v) is 5.59. The van der Waals surface area contributed by atoms with Crippen molar-refractivity contribution in [3.63, 3.8) is 0 Å². The van der Waals surface area contributed by atoms with Crippen molar-refractivity contribution in [2.45, 2.75) is 38.3 Å². The fourth-order valence-corrected chi connectivity index (χ4v) is 2.46. The predicted molar refractivity (Wildman–Crippen MR) is 72.2 cm³/mol. The average molecular weight is 238 g/mol.